The predicted octanol–water partition coefficient (Wildman–Crippen LogP) is 2.16. The van der Waals surface area contributed by atoms with E-state index in [1.165, 1.54) is 0 Å². The number of amides is 1. The van der Waals surface area contributed by atoms with Gasteiger partial charge in [-0.15, -0.1) is 0 Å². The average Bonchev–Trinajstić information content (AvgIpc) is 2.75. The SMILES string of the molecule is CCc1[nH]nc(C(=O)Nc2c(C)ccnc2Cl)c1N. The molecule has 2 rings (SSSR count). The lowest BCUT2D eigenvalue weighted by Gasteiger charge is -2.08. The van der Waals surface area contributed by atoms with E-state index < -0.39 is 5.91 Å². The van der Waals surface area contributed by atoms with Gasteiger partial charge in [-0.25, -0.2) is 4.98 Å². The van der Waals surface area contributed by atoms with E-state index in [0.717, 1.165) is 11.3 Å². The van der Waals surface area contributed by atoms with Crippen molar-refractivity contribution in [2.45, 2.75) is 20.3 Å². The Morgan fingerprint density at radius 3 is 2.89 bits per heavy atom. The number of aromatic nitrogens is 3. The van der Waals surface area contributed by atoms with Gasteiger partial charge in [0.25, 0.3) is 5.91 Å². The first kappa shape index (κ1) is 13.4. The van der Waals surface area contributed by atoms with Crippen molar-refractivity contribution in [3.8, 4) is 0 Å². The van der Waals surface area contributed by atoms with Crippen molar-refractivity contribution in [2.75, 3.05) is 11.1 Å². The second kappa shape index (κ2) is 5.27. The van der Waals surface area contributed by atoms with Crippen LogP contribution in [0.5, 0.6) is 0 Å². The highest BCUT2D eigenvalue weighted by atomic mass is 35.5. The number of hydrogen-bond acceptors (Lipinski definition) is 4. The quantitative estimate of drug-likeness (QED) is 0.750. The maximum atomic E-state index is 12.1. The van der Waals surface area contributed by atoms with Gasteiger partial charge < -0.3 is 11.1 Å². The molecule has 0 saturated heterocycles. The number of nitrogen functional groups attached to an aromatic ring is 1. The minimum absolute atomic E-state index is 0.163. The summed E-state index contributed by atoms with van der Waals surface area (Å²) in [5, 5.41) is 9.56. The van der Waals surface area contributed by atoms with Crippen molar-refractivity contribution >= 4 is 28.9 Å². The van der Waals surface area contributed by atoms with Gasteiger partial charge in [0.15, 0.2) is 10.8 Å². The van der Waals surface area contributed by atoms with Crippen molar-refractivity contribution in [1.29, 1.82) is 0 Å². The highest BCUT2D eigenvalue weighted by Crippen LogP contribution is 2.24. The summed E-state index contributed by atoms with van der Waals surface area (Å²) < 4.78 is 0. The number of nitrogens with one attached hydrogen (secondary N) is 2. The molecule has 0 aliphatic rings. The Balaban J connectivity index is 2.28. The summed E-state index contributed by atoms with van der Waals surface area (Å²) >= 11 is 5.95. The molecule has 0 saturated carbocycles. The molecule has 1 amide bonds. The van der Waals surface area contributed by atoms with Crippen LogP contribution in [0.2, 0.25) is 5.15 Å². The Labute approximate surface area is 115 Å². The largest absolute Gasteiger partial charge is 0.395 e. The third-order valence-corrected chi connectivity index (χ3v) is 3.09. The van der Waals surface area contributed by atoms with Crippen LogP contribution in [0.15, 0.2) is 12.3 Å². The molecule has 2 aromatic rings. The molecular formula is C12H14ClN5O. The van der Waals surface area contributed by atoms with Crippen LogP contribution in [-0.4, -0.2) is 21.1 Å². The van der Waals surface area contributed by atoms with E-state index in [-0.39, 0.29) is 10.8 Å². The average molecular weight is 280 g/mol. The summed E-state index contributed by atoms with van der Waals surface area (Å²) in [6, 6.07) is 1.76. The second-order valence-corrected chi connectivity index (χ2v) is 4.42. The Hall–Kier alpha value is -2.08. The topological polar surface area (TPSA) is 96.7 Å². The molecular weight excluding hydrogens is 266 g/mol. The van der Waals surface area contributed by atoms with Gasteiger partial charge in [-0.1, -0.05) is 18.5 Å². The van der Waals surface area contributed by atoms with Crippen LogP contribution < -0.4 is 11.1 Å². The lowest BCUT2D eigenvalue weighted by molar-refractivity contribution is 0.102. The molecule has 7 heteroatoms. The Kier molecular flexibility index (Phi) is 3.71. The number of anilines is 2. The summed E-state index contributed by atoms with van der Waals surface area (Å²) in [5.74, 6) is -0.411. The minimum Gasteiger partial charge on any atom is -0.395 e. The fourth-order valence-corrected chi connectivity index (χ4v) is 1.93. The van der Waals surface area contributed by atoms with Crippen molar-refractivity contribution < 1.29 is 4.79 Å². The highest BCUT2D eigenvalue weighted by Gasteiger charge is 2.18. The van der Waals surface area contributed by atoms with Crippen molar-refractivity contribution in [3.05, 3.63) is 34.4 Å². The maximum Gasteiger partial charge on any atom is 0.278 e. The van der Waals surface area contributed by atoms with Gasteiger partial charge in [-0.3, -0.25) is 9.89 Å². The number of nitrogens with two attached hydrogens (primary N) is 1. The van der Waals surface area contributed by atoms with Crippen LogP contribution in [0.25, 0.3) is 0 Å². The summed E-state index contributed by atoms with van der Waals surface area (Å²) in [4.78, 5) is 16.0. The smallest absolute Gasteiger partial charge is 0.278 e. The molecule has 0 atom stereocenters. The number of rotatable bonds is 3. The molecule has 19 heavy (non-hydrogen) atoms. The van der Waals surface area contributed by atoms with E-state index in [0.29, 0.717) is 17.8 Å². The normalized spacial score (nSPS) is 10.5. The lowest BCUT2D eigenvalue weighted by atomic mass is 10.2. The summed E-state index contributed by atoms with van der Waals surface area (Å²) in [6.45, 7) is 3.75. The number of halogens is 1. The minimum atomic E-state index is -0.411. The fourth-order valence-electron chi connectivity index (χ4n) is 1.68. The molecule has 0 aliphatic carbocycles. The van der Waals surface area contributed by atoms with Gasteiger partial charge in [-0.2, -0.15) is 5.10 Å². The zero-order valence-corrected chi connectivity index (χ0v) is 11.4. The molecule has 2 heterocycles. The monoisotopic (exact) mass is 279 g/mol. The van der Waals surface area contributed by atoms with E-state index in [4.69, 9.17) is 17.3 Å². The molecule has 100 valence electrons. The third kappa shape index (κ3) is 2.53. The molecule has 0 fully saturated rings. The van der Waals surface area contributed by atoms with E-state index in [2.05, 4.69) is 20.5 Å². The van der Waals surface area contributed by atoms with Crippen LogP contribution in [0.4, 0.5) is 11.4 Å². The summed E-state index contributed by atoms with van der Waals surface area (Å²) in [5.41, 5.74) is 8.38. The van der Waals surface area contributed by atoms with E-state index in [9.17, 15) is 4.79 Å². The van der Waals surface area contributed by atoms with E-state index in [1.807, 2.05) is 13.8 Å². The van der Waals surface area contributed by atoms with Gasteiger partial charge in [0.1, 0.15) is 0 Å². The third-order valence-electron chi connectivity index (χ3n) is 2.80. The predicted molar refractivity (Wildman–Crippen MR) is 74.3 cm³/mol. The van der Waals surface area contributed by atoms with Crippen molar-refractivity contribution in [3.63, 3.8) is 0 Å². The molecule has 0 bridgehead atoms. The molecule has 0 spiro atoms. The molecule has 0 radical (unpaired) electrons. The number of aromatic amines is 1. The van der Waals surface area contributed by atoms with Crippen molar-refractivity contribution in [1.82, 2.24) is 15.2 Å². The van der Waals surface area contributed by atoms with Gasteiger partial charge in [0.2, 0.25) is 0 Å². The van der Waals surface area contributed by atoms with Gasteiger partial charge in [-0.05, 0) is 25.0 Å². The first-order valence-corrected chi connectivity index (χ1v) is 6.17. The summed E-state index contributed by atoms with van der Waals surface area (Å²) in [7, 11) is 0. The molecule has 0 unspecified atom stereocenters. The molecule has 6 nitrogen and oxygen atoms in total. The van der Waals surface area contributed by atoms with Crippen LogP contribution in [-0.2, 0) is 6.42 Å². The molecule has 2 aromatic heterocycles. The Morgan fingerprint density at radius 1 is 1.58 bits per heavy atom. The van der Waals surface area contributed by atoms with Gasteiger partial charge in [0, 0.05) is 6.20 Å². The number of H-pyrrole nitrogens is 1. The first-order valence-electron chi connectivity index (χ1n) is 5.79. The van der Waals surface area contributed by atoms with Crippen LogP contribution in [0, 0.1) is 6.92 Å². The number of aryl methyl sites for hydroxylation is 2. The zero-order valence-electron chi connectivity index (χ0n) is 10.6. The summed E-state index contributed by atoms with van der Waals surface area (Å²) in [6.07, 6.45) is 2.25. The highest BCUT2D eigenvalue weighted by molar-refractivity contribution is 6.32. The van der Waals surface area contributed by atoms with E-state index in [1.54, 1.807) is 12.3 Å². The number of hydrogen-bond donors (Lipinski definition) is 3. The second-order valence-electron chi connectivity index (χ2n) is 4.07. The standard InChI is InChI=1S/C12H14ClN5O/c1-3-7-8(14)10(18-17-7)12(19)16-9-6(2)4-5-15-11(9)13/h4-5H,3,14H2,1-2H3,(H,16,19)(H,17,18). The molecule has 0 aliphatic heterocycles. The van der Waals surface area contributed by atoms with Gasteiger partial charge >= 0.3 is 0 Å². The fraction of sp³-hybridized carbons (Fsp3) is 0.250. The first-order chi connectivity index (χ1) is 9.04. The number of nitrogens with zero attached hydrogens (tertiary/aromatic N) is 2. The van der Waals surface area contributed by atoms with Crippen LogP contribution in [0.3, 0.4) is 0 Å². The maximum absolute atomic E-state index is 12.1. The number of pyridine rings is 1. The number of carbonyl (C=O) groups is 1. The zero-order chi connectivity index (χ0) is 14.0. The lowest BCUT2D eigenvalue weighted by Crippen LogP contribution is -2.15. The van der Waals surface area contributed by atoms with Crippen LogP contribution >= 0.6 is 11.6 Å². The number of carbonyl (C=O) groups excluding carboxylic acids is 1. The Bertz CT molecular complexity index is 602. The van der Waals surface area contributed by atoms with Gasteiger partial charge in [0.05, 0.1) is 17.1 Å². The molecule has 4 N–H and O–H groups in total. The molecule has 0 aromatic carbocycles. The van der Waals surface area contributed by atoms with Crippen LogP contribution in [0.1, 0.15) is 28.7 Å². The Morgan fingerprint density at radius 2 is 2.32 bits per heavy atom. The van der Waals surface area contributed by atoms with E-state index >= 15 is 0 Å². The van der Waals surface area contributed by atoms with Crippen molar-refractivity contribution in [2.24, 2.45) is 0 Å².